The van der Waals surface area contributed by atoms with Gasteiger partial charge in [-0.05, 0) is 76.7 Å². The quantitative estimate of drug-likeness (QED) is 0.545. The number of piperazine rings is 1. The molecule has 2 fully saturated rings. The van der Waals surface area contributed by atoms with Crippen LogP contribution in [0.5, 0.6) is 6.01 Å². The van der Waals surface area contributed by atoms with E-state index in [4.69, 9.17) is 14.7 Å². The van der Waals surface area contributed by atoms with Crippen LogP contribution in [0.1, 0.15) is 49.4 Å². The van der Waals surface area contributed by atoms with Crippen LogP contribution < -0.4 is 14.5 Å². The maximum Gasteiger partial charge on any atom is 0.318 e. The Morgan fingerprint density at radius 3 is 2.77 bits per heavy atom. The SMILES string of the molecule is C=CC(O)N1CCN(c2nc(OC[C@@H]3CCCN3C)nc3c2CCC(N2CCCc4ccccc42)C3)C[C@@H]1C. The molecular weight excluding hydrogens is 488 g/mol. The molecule has 4 atom stereocenters. The summed E-state index contributed by atoms with van der Waals surface area (Å²) in [4.78, 5) is 19.6. The van der Waals surface area contributed by atoms with E-state index in [1.165, 1.54) is 36.1 Å². The summed E-state index contributed by atoms with van der Waals surface area (Å²) in [5.74, 6) is 1.03. The lowest BCUT2D eigenvalue weighted by atomic mass is 9.88. The molecule has 8 nitrogen and oxygen atoms in total. The molecule has 1 aliphatic carbocycles. The number of likely N-dealkylation sites (tertiary alicyclic amines) is 1. The largest absolute Gasteiger partial charge is 0.462 e. The number of hydrogen-bond donors (Lipinski definition) is 1. The zero-order valence-corrected chi connectivity index (χ0v) is 23.6. The van der Waals surface area contributed by atoms with Crippen molar-refractivity contribution >= 4 is 11.5 Å². The maximum absolute atomic E-state index is 10.4. The third-order valence-corrected chi connectivity index (χ3v) is 9.40. The van der Waals surface area contributed by atoms with E-state index >= 15 is 0 Å². The van der Waals surface area contributed by atoms with Crippen LogP contribution in [0.25, 0.3) is 0 Å². The molecule has 0 saturated carbocycles. The molecule has 0 spiro atoms. The van der Waals surface area contributed by atoms with Gasteiger partial charge in [-0.1, -0.05) is 24.8 Å². The highest BCUT2D eigenvalue weighted by Crippen LogP contribution is 2.36. The Morgan fingerprint density at radius 2 is 1.97 bits per heavy atom. The van der Waals surface area contributed by atoms with Gasteiger partial charge in [0, 0.05) is 62.0 Å². The highest BCUT2D eigenvalue weighted by Gasteiger charge is 2.34. The number of aryl methyl sites for hydroxylation is 1. The Balaban J connectivity index is 1.27. The van der Waals surface area contributed by atoms with Gasteiger partial charge in [-0.15, -0.1) is 0 Å². The first-order valence-corrected chi connectivity index (χ1v) is 14.9. The number of ether oxygens (including phenoxy) is 1. The Labute approximate surface area is 233 Å². The minimum absolute atomic E-state index is 0.190. The molecule has 8 heteroatoms. The van der Waals surface area contributed by atoms with Crippen molar-refractivity contribution in [1.82, 2.24) is 19.8 Å². The first-order chi connectivity index (χ1) is 19.0. The first-order valence-electron chi connectivity index (χ1n) is 14.9. The Hall–Kier alpha value is -2.68. The normalized spacial score (nSPS) is 26.7. The topological polar surface area (TPSA) is 68.2 Å². The van der Waals surface area contributed by atoms with Crippen LogP contribution in [-0.4, -0.2) is 95.6 Å². The summed E-state index contributed by atoms with van der Waals surface area (Å²) in [7, 11) is 2.18. The van der Waals surface area contributed by atoms with Crippen LogP contribution in [0.3, 0.4) is 0 Å². The van der Waals surface area contributed by atoms with Crippen LogP contribution in [0.15, 0.2) is 36.9 Å². The number of para-hydroxylation sites is 1. The lowest BCUT2D eigenvalue weighted by molar-refractivity contribution is 0.00855. The summed E-state index contributed by atoms with van der Waals surface area (Å²) >= 11 is 0. The zero-order valence-electron chi connectivity index (χ0n) is 23.6. The van der Waals surface area contributed by atoms with Gasteiger partial charge in [-0.2, -0.15) is 9.97 Å². The van der Waals surface area contributed by atoms with Crippen LogP contribution in [0, 0.1) is 0 Å². The molecule has 6 rings (SSSR count). The van der Waals surface area contributed by atoms with E-state index in [-0.39, 0.29) is 6.04 Å². The standard InChI is InChI=1S/C31H44N6O2/c1-4-29(38)36-18-17-35(20-22(36)2)30-26-14-13-24(37-16-7-10-23-9-5-6-12-28(23)37)19-27(26)32-31(33-30)39-21-25-11-8-15-34(25)3/h4-6,9,12,22,24-25,29,38H,1,7-8,10-11,13-21H2,2-3H3/t22-,24?,25-,29?/m0/s1. The average molecular weight is 533 g/mol. The summed E-state index contributed by atoms with van der Waals surface area (Å²) in [6.45, 7) is 11.2. The number of aliphatic hydroxyl groups is 1. The fraction of sp³-hybridized carbons (Fsp3) is 0.613. The Kier molecular flexibility index (Phi) is 7.78. The number of hydrogen-bond acceptors (Lipinski definition) is 8. The van der Waals surface area contributed by atoms with Gasteiger partial charge in [0.1, 0.15) is 18.7 Å². The van der Waals surface area contributed by atoms with Gasteiger partial charge < -0.3 is 24.5 Å². The summed E-state index contributed by atoms with van der Waals surface area (Å²) in [5, 5.41) is 10.4. The minimum atomic E-state index is -0.614. The molecule has 1 aromatic heterocycles. The number of benzene rings is 1. The molecule has 1 aromatic carbocycles. The predicted octanol–water partition coefficient (Wildman–Crippen LogP) is 3.27. The molecule has 4 heterocycles. The second-order valence-corrected chi connectivity index (χ2v) is 11.8. The monoisotopic (exact) mass is 532 g/mol. The molecule has 0 bridgehead atoms. The number of aromatic nitrogens is 2. The molecule has 2 aromatic rings. The van der Waals surface area contributed by atoms with Crippen LogP contribution in [0.2, 0.25) is 0 Å². The molecule has 3 aliphatic heterocycles. The maximum atomic E-state index is 10.4. The van der Waals surface area contributed by atoms with Crippen molar-refractivity contribution in [2.24, 2.45) is 0 Å². The zero-order chi connectivity index (χ0) is 26.9. The summed E-state index contributed by atoms with van der Waals surface area (Å²) < 4.78 is 6.33. The minimum Gasteiger partial charge on any atom is -0.462 e. The number of aliphatic hydroxyl groups excluding tert-OH is 1. The molecule has 210 valence electrons. The van der Waals surface area contributed by atoms with Gasteiger partial charge in [0.25, 0.3) is 0 Å². The summed E-state index contributed by atoms with van der Waals surface area (Å²) in [6.07, 6.45) is 8.76. The first kappa shape index (κ1) is 26.5. The Bertz CT molecular complexity index is 1170. The third-order valence-electron chi connectivity index (χ3n) is 9.40. The van der Waals surface area contributed by atoms with Crippen LogP contribution in [0.4, 0.5) is 11.5 Å². The Morgan fingerprint density at radius 1 is 1.10 bits per heavy atom. The molecule has 1 N–H and O–H groups in total. The summed E-state index contributed by atoms with van der Waals surface area (Å²) in [6, 6.07) is 10.5. The number of nitrogens with zero attached hydrogens (tertiary/aromatic N) is 6. The van der Waals surface area contributed by atoms with Crippen LogP contribution >= 0.6 is 0 Å². The molecular formula is C31H44N6O2. The van der Waals surface area contributed by atoms with Gasteiger partial charge in [0.2, 0.25) is 0 Å². The predicted molar refractivity (Wildman–Crippen MR) is 156 cm³/mol. The summed E-state index contributed by atoms with van der Waals surface area (Å²) in [5.41, 5.74) is 5.30. The van der Waals surface area contributed by atoms with E-state index in [1.807, 2.05) is 0 Å². The molecule has 39 heavy (non-hydrogen) atoms. The van der Waals surface area contributed by atoms with Crippen molar-refractivity contribution in [3.8, 4) is 6.01 Å². The second-order valence-electron chi connectivity index (χ2n) is 11.8. The van der Waals surface area contributed by atoms with Crippen molar-refractivity contribution in [2.45, 2.75) is 76.2 Å². The van der Waals surface area contributed by atoms with Crippen LogP contribution in [-0.2, 0) is 19.3 Å². The van der Waals surface area contributed by atoms with E-state index in [1.54, 1.807) is 6.08 Å². The number of rotatable bonds is 7. The van der Waals surface area contributed by atoms with Crippen molar-refractivity contribution in [1.29, 1.82) is 0 Å². The van der Waals surface area contributed by atoms with Crippen molar-refractivity contribution in [3.05, 3.63) is 53.7 Å². The fourth-order valence-corrected chi connectivity index (χ4v) is 7.14. The van der Waals surface area contributed by atoms with E-state index in [0.717, 1.165) is 69.9 Å². The molecule has 4 aliphatic rings. The fourth-order valence-electron chi connectivity index (χ4n) is 7.14. The van der Waals surface area contributed by atoms with Gasteiger partial charge in [0.15, 0.2) is 0 Å². The lowest BCUT2D eigenvalue weighted by Crippen LogP contribution is -2.55. The van der Waals surface area contributed by atoms with E-state index in [2.05, 4.69) is 64.4 Å². The second kappa shape index (κ2) is 11.4. The van der Waals surface area contributed by atoms with E-state index in [0.29, 0.717) is 24.7 Å². The average Bonchev–Trinajstić information content (AvgIpc) is 3.38. The molecule has 0 radical (unpaired) electrons. The van der Waals surface area contributed by atoms with Gasteiger partial charge >= 0.3 is 6.01 Å². The van der Waals surface area contributed by atoms with E-state index < -0.39 is 6.23 Å². The number of fused-ring (bicyclic) bond motifs is 2. The molecule has 2 saturated heterocycles. The van der Waals surface area contributed by atoms with Crippen molar-refractivity contribution < 1.29 is 9.84 Å². The molecule has 0 amide bonds. The van der Waals surface area contributed by atoms with Gasteiger partial charge in [-0.3, -0.25) is 4.90 Å². The smallest absolute Gasteiger partial charge is 0.318 e. The third kappa shape index (κ3) is 5.39. The van der Waals surface area contributed by atoms with Gasteiger partial charge in [0.05, 0.1) is 5.69 Å². The van der Waals surface area contributed by atoms with Crippen molar-refractivity contribution in [2.75, 3.05) is 56.2 Å². The van der Waals surface area contributed by atoms with E-state index in [9.17, 15) is 5.11 Å². The lowest BCUT2D eigenvalue weighted by Gasteiger charge is -2.43. The highest BCUT2D eigenvalue weighted by atomic mass is 16.5. The molecule has 2 unspecified atom stereocenters. The highest BCUT2D eigenvalue weighted by molar-refractivity contribution is 5.58. The number of anilines is 2. The van der Waals surface area contributed by atoms with Gasteiger partial charge in [-0.25, -0.2) is 0 Å². The number of likely N-dealkylation sites (N-methyl/N-ethyl adjacent to an activating group) is 1. The van der Waals surface area contributed by atoms with Crippen molar-refractivity contribution in [3.63, 3.8) is 0 Å².